The first kappa shape index (κ1) is 15.2. The van der Waals surface area contributed by atoms with E-state index >= 15 is 0 Å². The topological polar surface area (TPSA) is 70.2 Å². The normalized spacial score (nSPS) is 14.0. The first-order valence-corrected chi connectivity index (χ1v) is 5.76. The Hall–Kier alpha value is -0.820. The Kier molecular flexibility index (Phi) is 7.92. The van der Waals surface area contributed by atoms with Crippen molar-refractivity contribution in [3.63, 3.8) is 0 Å². The molecule has 0 aliphatic rings. The van der Waals surface area contributed by atoms with E-state index in [1.165, 1.54) is 0 Å². The number of hydrogen-bond donors (Lipinski definition) is 4. The molecule has 0 aromatic carbocycles. The molecule has 0 fully saturated rings. The van der Waals surface area contributed by atoms with Crippen molar-refractivity contribution in [1.29, 1.82) is 0 Å². The maximum Gasteiger partial charge on any atom is 0.275 e. The van der Waals surface area contributed by atoms with E-state index in [4.69, 9.17) is 0 Å². The monoisotopic (exact) mass is 251 g/mol. The van der Waals surface area contributed by atoms with Gasteiger partial charge in [0.1, 0.15) is 0 Å². The molecule has 7 heteroatoms. The van der Waals surface area contributed by atoms with Crippen LogP contribution in [-0.4, -0.2) is 43.0 Å². The van der Waals surface area contributed by atoms with Crippen molar-refractivity contribution in [2.45, 2.75) is 26.2 Å². The number of amides is 2. The van der Waals surface area contributed by atoms with E-state index in [1.807, 2.05) is 12.2 Å². The molecule has 0 heterocycles. The number of carbonyl (C=O) groups excluding carboxylic acids is 2. The zero-order valence-electron chi connectivity index (χ0n) is 9.42. The lowest BCUT2D eigenvalue weighted by atomic mass is 10.3. The van der Waals surface area contributed by atoms with E-state index in [2.05, 4.69) is 23.3 Å². The molecular formula is C9H18FN3O2S. The maximum atomic E-state index is 13.2. The number of halogens is 1. The van der Waals surface area contributed by atoms with Gasteiger partial charge in [-0.2, -0.15) is 12.6 Å². The van der Waals surface area contributed by atoms with Gasteiger partial charge in [0.15, 0.2) is 0 Å². The second kappa shape index (κ2) is 8.35. The van der Waals surface area contributed by atoms with Crippen molar-refractivity contribution < 1.29 is 14.0 Å². The lowest BCUT2D eigenvalue weighted by molar-refractivity contribution is -0.133. The van der Waals surface area contributed by atoms with Gasteiger partial charge in [0.05, 0.1) is 6.04 Å². The van der Waals surface area contributed by atoms with Gasteiger partial charge >= 0.3 is 0 Å². The van der Waals surface area contributed by atoms with Crippen LogP contribution in [0.15, 0.2) is 0 Å². The van der Waals surface area contributed by atoms with Crippen molar-refractivity contribution in [2.75, 3.05) is 18.8 Å². The zero-order valence-corrected chi connectivity index (χ0v) is 10.3. The lowest BCUT2D eigenvalue weighted by Crippen LogP contribution is -2.51. The van der Waals surface area contributed by atoms with Gasteiger partial charge in [-0.15, -0.1) is 0 Å². The van der Waals surface area contributed by atoms with E-state index in [1.54, 1.807) is 6.92 Å². The van der Waals surface area contributed by atoms with Crippen LogP contribution in [0.25, 0.3) is 0 Å². The molecule has 16 heavy (non-hydrogen) atoms. The molecule has 5 nitrogen and oxygen atoms in total. The molecular weight excluding hydrogens is 233 g/mol. The molecule has 0 aliphatic heterocycles. The molecule has 0 unspecified atom stereocenters. The fourth-order valence-electron chi connectivity index (χ4n) is 1.04. The van der Waals surface area contributed by atoms with Crippen LogP contribution >= 0.6 is 12.6 Å². The second-order valence-electron chi connectivity index (χ2n) is 3.06. The van der Waals surface area contributed by atoms with Gasteiger partial charge < -0.3 is 16.0 Å². The average molecular weight is 251 g/mol. The lowest BCUT2D eigenvalue weighted by Gasteiger charge is -2.17. The summed E-state index contributed by atoms with van der Waals surface area (Å²) in [7, 11) is 0. The van der Waals surface area contributed by atoms with Crippen molar-refractivity contribution >= 4 is 24.4 Å². The van der Waals surface area contributed by atoms with E-state index in [9.17, 15) is 14.0 Å². The Balaban J connectivity index is 4.15. The predicted molar refractivity (Wildman–Crippen MR) is 63.0 cm³/mol. The third-order valence-electron chi connectivity index (χ3n) is 1.80. The highest BCUT2D eigenvalue weighted by Gasteiger charge is 2.23. The maximum absolute atomic E-state index is 13.2. The largest absolute Gasteiger partial charge is 0.352 e. The number of alkyl halides is 1. The molecule has 0 aliphatic carbocycles. The minimum absolute atomic E-state index is 0.238. The highest BCUT2D eigenvalue weighted by atomic mass is 32.1. The van der Waals surface area contributed by atoms with E-state index in [0.29, 0.717) is 13.1 Å². The molecule has 0 bridgehead atoms. The number of nitrogens with one attached hydrogen (secondary N) is 3. The van der Waals surface area contributed by atoms with Crippen LogP contribution in [0.5, 0.6) is 0 Å². The van der Waals surface area contributed by atoms with Crippen molar-refractivity contribution in [3.05, 3.63) is 0 Å². The average Bonchev–Trinajstić information content (AvgIpc) is 2.25. The van der Waals surface area contributed by atoms with Gasteiger partial charge in [-0.25, -0.2) is 4.39 Å². The summed E-state index contributed by atoms with van der Waals surface area (Å²) in [6.45, 7) is 4.37. The van der Waals surface area contributed by atoms with Crippen molar-refractivity contribution in [2.24, 2.45) is 0 Å². The summed E-state index contributed by atoms with van der Waals surface area (Å²) in [5, 5.41) is 7.06. The van der Waals surface area contributed by atoms with Crippen LogP contribution in [0.2, 0.25) is 0 Å². The van der Waals surface area contributed by atoms with E-state index < -0.39 is 24.2 Å². The fourth-order valence-corrected chi connectivity index (χ4v) is 1.34. The van der Waals surface area contributed by atoms with Crippen LogP contribution in [-0.2, 0) is 9.59 Å². The Morgan fingerprint density at radius 3 is 2.31 bits per heavy atom. The van der Waals surface area contributed by atoms with Gasteiger partial charge in [-0.3, -0.25) is 9.59 Å². The predicted octanol–water partition coefficient (Wildman–Crippen LogP) is -0.558. The van der Waals surface area contributed by atoms with Gasteiger partial charge in [0.2, 0.25) is 5.91 Å². The summed E-state index contributed by atoms with van der Waals surface area (Å²) in [6.07, 6.45) is -2.02. The summed E-state index contributed by atoms with van der Waals surface area (Å²) < 4.78 is 13.2. The number of thiol groups is 1. The van der Waals surface area contributed by atoms with E-state index in [-0.39, 0.29) is 5.75 Å². The minimum Gasteiger partial charge on any atom is -0.352 e. The smallest absolute Gasteiger partial charge is 0.275 e. The minimum atomic E-state index is -2.02. The first-order valence-electron chi connectivity index (χ1n) is 5.13. The number of likely N-dealkylation sites (N-methyl/N-ethyl adjacent to an activating group) is 2. The molecule has 94 valence electrons. The van der Waals surface area contributed by atoms with Crippen LogP contribution in [0.1, 0.15) is 13.8 Å². The number of carbonyl (C=O) groups is 2. The van der Waals surface area contributed by atoms with Gasteiger partial charge in [0, 0.05) is 12.3 Å². The Morgan fingerprint density at radius 2 is 1.88 bits per heavy atom. The van der Waals surface area contributed by atoms with Gasteiger partial charge in [-0.1, -0.05) is 6.92 Å². The van der Waals surface area contributed by atoms with Gasteiger partial charge in [-0.05, 0) is 13.5 Å². The molecule has 0 aromatic heterocycles. The standard InChI is InChI=1S/C9H18FN3O2S/c1-3-11-6(5-16)8(14)13-7(10)9(15)12-4-2/h6-7,11,16H,3-5H2,1-2H3,(H,12,15)(H,13,14)/t6-,7-/m0/s1. The zero-order chi connectivity index (χ0) is 12.6. The number of rotatable bonds is 7. The third-order valence-corrected chi connectivity index (χ3v) is 2.16. The molecule has 3 N–H and O–H groups in total. The van der Waals surface area contributed by atoms with Crippen molar-refractivity contribution in [3.8, 4) is 0 Å². The SMILES string of the molecule is CCNC(=O)[C@@H](F)NC(=O)[C@H](CS)NCC. The molecule has 0 radical (unpaired) electrons. The summed E-state index contributed by atoms with van der Waals surface area (Å²) in [4.78, 5) is 22.4. The van der Waals surface area contributed by atoms with Crippen LogP contribution in [0.3, 0.4) is 0 Å². The number of hydrogen-bond acceptors (Lipinski definition) is 4. The van der Waals surface area contributed by atoms with Crippen LogP contribution in [0.4, 0.5) is 4.39 Å². The summed E-state index contributed by atoms with van der Waals surface area (Å²) in [6, 6.07) is -0.596. The molecule has 0 saturated carbocycles. The molecule has 2 atom stereocenters. The quantitative estimate of drug-likeness (QED) is 0.362. The molecule has 0 aromatic rings. The van der Waals surface area contributed by atoms with Crippen LogP contribution < -0.4 is 16.0 Å². The Bertz CT molecular complexity index is 241. The molecule has 2 amide bonds. The highest BCUT2D eigenvalue weighted by molar-refractivity contribution is 7.80. The fraction of sp³-hybridized carbons (Fsp3) is 0.778. The summed E-state index contributed by atoms with van der Waals surface area (Å²) in [5.41, 5.74) is 0. The van der Waals surface area contributed by atoms with Crippen molar-refractivity contribution in [1.82, 2.24) is 16.0 Å². The Labute approximate surface area is 100.0 Å². The molecule has 0 rings (SSSR count). The summed E-state index contributed by atoms with van der Waals surface area (Å²) in [5.74, 6) is -1.18. The highest BCUT2D eigenvalue weighted by Crippen LogP contribution is 1.92. The molecule has 0 saturated heterocycles. The van der Waals surface area contributed by atoms with Crippen LogP contribution in [0, 0.1) is 0 Å². The van der Waals surface area contributed by atoms with E-state index in [0.717, 1.165) is 0 Å². The third kappa shape index (κ3) is 5.32. The summed E-state index contributed by atoms with van der Waals surface area (Å²) >= 11 is 3.96. The van der Waals surface area contributed by atoms with Gasteiger partial charge in [0.25, 0.3) is 12.2 Å². The Morgan fingerprint density at radius 1 is 1.25 bits per heavy atom. The second-order valence-corrected chi connectivity index (χ2v) is 3.42. The molecule has 0 spiro atoms. The first-order chi connectivity index (χ1) is 7.56.